The maximum atomic E-state index is 13.6. The van der Waals surface area contributed by atoms with Crippen molar-refractivity contribution in [3.05, 3.63) is 77.9 Å². The summed E-state index contributed by atoms with van der Waals surface area (Å²) in [5.74, 6) is 0.238. The number of nitrogens with zero attached hydrogens (tertiary/aromatic N) is 2. The fourth-order valence-corrected chi connectivity index (χ4v) is 4.23. The number of aliphatic hydroxyl groups excluding tert-OH is 1. The Balaban J connectivity index is 1.53. The first kappa shape index (κ1) is 22.8. The first-order valence-electron chi connectivity index (χ1n) is 10.6. The predicted octanol–water partition coefficient (Wildman–Crippen LogP) is 2.63. The molecule has 1 heterocycles. The van der Waals surface area contributed by atoms with Crippen LogP contribution in [-0.4, -0.2) is 59.5 Å². The molecule has 1 fully saturated rings. The molecule has 8 nitrogen and oxygen atoms in total. The third kappa shape index (κ3) is 5.32. The molecule has 2 N–H and O–H groups in total. The molecule has 1 aromatic heterocycles. The van der Waals surface area contributed by atoms with Gasteiger partial charge in [0, 0.05) is 25.1 Å². The van der Waals surface area contributed by atoms with Crippen LogP contribution in [0.4, 0.5) is 4.39 Å². The van der Waals surface area contributed by atoms with Gasteiger partial charge in [-0.1, -0.05) is 23.4 Å². The lowest BCUT2D eigenvalue weighted by Gasteiger charge is -2.32. The van der Waals surface area contributed by atoms with Crippen LogP contribution in [0.3, 0.4) is 0 Å². The summed E-state index contributed by atoms with van der Waals surface area (Å²) in [5, 5.41) is 17.8. The lowest BCUT2D eigenvalue weighted by molar-refractivity contribution is 0.0124. The van der Waals surface area contributed by atoms with Crippen LogP contribution in [-0.2, 0) is 6.54 Å². The summed E-state index contributed by atoms with van der Waals surface area (Å²) in [6.07, 6.45) is 0.0809. The lowest BCUT2D eigenvalue weighted by Crippen LogP contribution is -2.51. The average molecular weight is 455 g/mol. The fraction of sp³-hybridized carbons (Fsp3) is 0.333. The molecule has 0 aliphatic heterocycles. The Morgan fingerprint density at radius 3 is 2.70 bits per heavy atom. The number of aliphatic hydroxyl groups is 1. The molecular formula is C24H26FN3O5. The van der Waals surface area contributed by atoms with E-state index in [-0.39, 0.29) is 5.69 Å². The number of carbonyl (C=O) groups is 1. The number of hydrogen-bond acceptors (Lipinski definition) is 7. The third-order valence-corrected chi connectivity index (χ3v) is 5.80. The minimum Gasteiger partial charge on any atom is -0.497 e. The molecular weight excluding hydrogens is 429 g/mol. The molecule has 0 radical (unpaired) electrons. The van der Waals surface area contributed by atoms with Gasteiger partial charge in [0.15, 0.2) is 5.69 Å². The van der Waals surface area contributed by atoms with E-state index in [0.717, 1.165) is 11.3 Å². The second-order valence-corrected chi connectivity index (χ2v) is 8.06. The molecule has 9 heteroatoms. The molecule has 0 spiro atoms. The minimum absolute atomic E-state index is 0.149. The number of halogens is 1. The van der Waals surface area contributed by atoms with Crippen LogP contribution in [0.2, 0.25) is 0 Å². The molecule has 1 aliphatic rings. The van der Waals surface area contributed by atoms with Gasteiger partial charge < -0.3 is 24.4 Å². The maximum absolute atomic E-state index is 13.6. The summed E-state index contributed by atoms with van der Waals surface area (Å²) in [7, 11) is 3.48. The van der Waals surface area contributed by atoms with Crippen molar-refractivity contribution in [1.82, 2.24) is 15.4 Å². The Bertz CT molecular complexity index is 1060. The van der Waals surface area contributed by atoms with Crippen LogP contribution in [0, 0.1) is 5.82 Å². The van der Waals surface area contributed by atoms with Crippen molar-refractivity contribution in [3.63, 3.8) is 0 Å². The number of rotatable bonds is 8. The Hall–Kier alpha value is -3.43. The largest absolute Gasteiger partial charge is 0.497 e. The van der Waals surface area contributed by atoms with Crippen LogP contribution < -0.4 is 14.8 Å². The van der Waals surface area contributed by atoms with E-state index in [2.05, 4.69) is 10.5 Å². The van der Waals surface area contributed by atoms with E-state index in [4.69, 9.17) is 14.0 Å². The quantitative estimate of drug-likeness (QED) is 0.539. The normalized spacial score (nSPS) is 22.3. The summed E-state index contributed by atoms with van der Waals surface area (Å²) in [6.45, 7) is 0.523. The lowest BCUT2D eigenvalue weighted by atomic mass is 10.1. The Kier molecular flexibility index (Phi) is 6.90. The van der Waals surface area contributed by atoms with Crippen LogP contribution in [0.15, 0.2) is 65.4 Å². The molecule has 0 unspecified atom stereocenters. The van der Waals surface area contributed by atoms with Crippen molar-refractivity contribution in [2.75, 3.05) is 14.2 Å². The van der Waals surface area contributed by atoms with E-state index >= 15 is 0 Å². The summed E-state index contributed by atoms with van der Waals surface area (Å²) >= 11 is 0. The monoisotopic (exact) mass is 455 g/mol. The van der Waals surface area contributed by atoms with Gasteiger partial charge in [0.25, 0.3) is 5.91 Å². The van der Waals surface area contributed by atoms with Gasteiger partial charge in [-0.05, 0) is 36.9 Å². The first-order chi connectivity index (χ1) is 15.9. The highest BCUT2D eigenvalue weighted by Crippen LogP contribution is 2.30. The van der Waals surface area contributed by atoms with E-state index in [0.29, 0.717) is 18.7 Å². The van der Waals surface area contributed by atoms with Gasteiger partial charge in [0.1, 0.15) is 35.8 Å². The van der Waals surface area contributed by atoms with Gasteiger partial charge in [-0.2, -0.15) is 0 Å². The summed E-state index contributed by atoms with van der Waals surface area (Å²) in [4.78, 5) is 14.6. The van der Waals surface area contributed by atoms with Gasteiger partial charge >= 0.3 is 0 Å². The highest BCUT2D eigenvalue weighted by atomic mass is 19.1. The average Bonchev–Trinajstić information content (AvgIpc) is 3.43. The van der Waals surface area contributed by atoms with Crippen LogP contribution in [0.1, 0.15) is 22.5 Å². The molecule has 0 bridgehead atoms. The topological polar surface area (TPSA) is 97.1 Å². The smallest absolute Gasteiger partial charge is 0.273 e. The highest BCUT2D eigenvalue weighted by molar-refractivity contribution is 5.92. The Morgan fingerprint density at radius 2 is 2.03 bits per heavy atom. The number of hydrogen-bond donors (Lipinski definition) is 2. The molecule has 174 valence electrons. The Labute approximate surface area is 190 Å². The number of carbonyl (C=O) groups excluding carboxylic acids is 1. The van der Waals surface area contributed by atoms with Gasteiger partial charge in [0.2, 0.25) is 0 Å². The summed E-state index contributed by atoms with van der Waals surface area (Å²) < 4.78 is 29.5. The molecule has 33 heavy (non-hydrogen) atoms. The van der Waals surface area contributed by atoms with Gasteiger partial charge in [-0.25, -0.2) is 4.39 Å². The molecule has 3 aromatic rings. The molecule has 4 rings (SSSR count). The van der Waals surface area contributed by atoms with Crippen LogP contribution >= 0.6 is 0 Å². The molecule has 2 aromatic carbocycles. The molecule has 1 amide bonds. The fourth-order valence-electron chi connectivity index (χ4n) is 4.23. The van der Waals surface area contributed by atoms with Crippen LogP contribution in [0.5, 0.6) is 11.5 Å². The number of ether oxygens (including phenoxy) is 2. The van der Waals surface area contributed by atoms with E-state index in [1.807, 2.05) is 36.2 Å². The van der Waals surface area contributed by atoms with Crippen molar-refractivity contribution in [1.29, 1.82) is 0 Å². The zero-order chi connectivity index (χ0) is 23.4. The number of nitrogens with one attached hydrogen (secondary N) is 1. The van der Waals surface area contributed by atoms with Crippen molar-refractivity contribution >= 4 is 5.91 Å². The van der Waals surface area contributed by atoms with Crippen LogP contribution in [0.25, 0.3) is 0 Å². The number of aromatic nitrogens is 1. The molecule has 4 atom stereocenters. The number of methoxy groups -OCH3 is 1. The second kappa shape index (κ2) is 10.0. The Morgan fingerprint density at radius 1 is 1.24 bits per heavy atom. The predicted molar refractivity (Wildman–Crippen MR) is 117 cm³/mol. The van der Waals surface area contributed by atoms with Crippen molar-refractivity contribution < 1.29 is 28.3 Å². The molecule has 1 saturated carbocycles. The molecule has 1 aliphatic carbocycles. The van der Waals surface area contributed by atoms with Crippen molar-refractivity contribution in [2.24, 2.45) is 0 Å². The zero-order valence-corrected chi connectivity index (χ0v) is 18.3. The van der Waals surface area contributed by atoms with Crippen molar-refractivity contribution in [2.45, 2.75) is 37.3 Å². The van der Waals surface area contributed by atoms with Gasteiger partial charge in [-0.15, -0.1) is 0 Å². The van der Waals surface area contributed by atoms with E-state index in [1.54, 1.807) is 19.2 Å². The van der Waals surface area contributed by atoms with E-state index in [9.17, 15) is 14.3 Å². The van der Waals surface area contributed by atoms with E-state index < -0.39 is 36.0 Å². The summed E-state index contributed by atoms with van der Waals surface area (Å²) in [6, 6.07) is 14.0. The zero-order valence-electron chi connectivity index (χ0n) is 18.3. The SMILES string of the molecule is COc1ccc(CN(C)[C@@H]2[C@@H](O)[C@H](Oc3cccc(F)c3)C[C@H]2NC(=O)c2ccon2)cc1. The number of likely N-dealkylation sites (N-methyl/N-ethyl adjacent to an activating group) is 1. The third-order valence-electron chi connectivity index (χ3n) is 5.80. The number of benzene rings is 2. The van der Waals surface area contributed by atoms with E-state index in [1.165, 1.54) is 24.5 Å². The van der Waals surface area contributed by atoms with Crippen molar-refractivity contribution in [3.8, 4) is 11.5 Å². The summed E-state index contributed by atoms with van der Waals surface area (Å²) in [5.41, 5.74) is 1.16. The minimum atomic E-state index is -0.931. The molecule has 0 saturated heterocycles. The van der Waals surface area contributed by atoms with Gasteiger partial charge in [0.05, 0.1) is 19.2 Å². The number of amides is 1. The standard InChI is InChI=1S/C24H26FN3O5/c1-28(14-15-6-8-17(31-2)9-7-15)22-20(26-24(30)19-10-11-32-27-19)13-21(23(22)29)33-18-5-3-4-16(25)12-18/h3-12,20-23,29H,13-14H2,1-2H3,(H,26,30)/t20-,21-,22+,23+/m1/s1. The van der Waals surface area contributed by atoms with Gasteiger partial charge in [-0.3, -0.25) is 9.69 Å². The highest BCUT2D eigenvalue weighted by Gasteiger charge is 2.46. The first-order valence-corrected chi connectivity index (χ1v) is 10.6. The maximum Gasteiger partial charge on any atom is 0.273 e. The second-order valence-electron chi connectivity index (χ2n) is 8.06.